The van der Waals surface area contributed by atoms with E-state index in [0.29, 0.717) is 5.41 Å². The molecule has 0 fully saturated rings. The van der Waals surface area contributed by atoms with Crippen molar-refractivity contribution in [2.24, 2.45) is 23.2 Å². The maximum Gasteiger partial charge on any atom is -0.0305 e. The third-order valence-corrected chi connectivity index (χ3v) is 5.49. The summed E-state index contributed by atoms with van der Waals surface area (Å²) in [6, 6.07) is 0. The summed E-state index contributed by atoms with van der Waals surface area (Å²) in [4.78, 5) is 0. The minimum absolute atomic E-state index is 0.559. The van der Waals surface area contributed by atoms with E-state index in [1.807, 2.05) is 0 Å². The molecule has 0 aliphatic rings. The molecule has 0 bridgehead atoms. The first-order chi connectivity index (χ1) is 8.39. The molecule has 0 N–H and O–H groups in total. The first kappa shape index (κ1) is 18.0. The Kier molecular flexibility index (Phi) is 8.99. The van der Waals surface area contributed by atoms with Crippen molar-refractivity contribution in [3.8, 4) is 0 Å². The molecule has 0 rings (SSSR count). The molecule has 0 spiro atoms. The van der Waals surface area contributed by atoms with Gasteiger partial charge in [0, 0.05) is 0 Å². The van der Waals surface area contributed by atoms with E-state index in [0.717, 1.165) is 17.8 Å². The molecule has 18 heavy (non-hydrogen) atoms. The van der Waals surface area contributed by atoms with Crippen molar-refractivity contribution in [2.75, 3.05) is 0 Å². The summed E-state index contributed by atoms with van der Waals surface area (Å²) >= 11 is 0. The van der Waals surface area contributed by atoms with Gasteiger partial charge in [-0.2, -0.15) is 0 Å². The first-order valence-electron chi connectivity index (χ1n) is 8.39. The fourth-order valence-electron chi connectivity index (χ4n) is 3.16. The molecule has 0 radical (unpaired) electrons. The molecule has 0 aliphatic heterocycles. The van der Waals surface area contributed by atoms with E-state index in [2.05, 4.69) is 48.5 Å². The predicted octanol–water partition coefficient (Wildman–Crippen LogP) is 6.69. The van der Waals surface area contributed by atoms with Gasteiger partial charge in [-0.1, -0.05) is 87.0 Å². The van der Waals surface area contributed by atoms with Crippen molar-refractivity contribution < 1.29 is 0 Å². The summed E-state index contributed by atoms with van der Waals surface area (Å²) in [6.07, 6.45) is 9.66. The summed E-state index contributed by atoms with van der Waals surface area (Å²) in [5.41, 5.74) is 0.559. The van der Waals surface area contributed by atoms with Gasteiger partial charge in [-0.05, 0) is 29.6 Å². The summed E-state index contributed by atoms with van der Waals surface area (Å²) in [7, 11) is 0. The second-order valence-corrected chi connectivity index (χ2v) is 7.07. The molecular weight excluding hydrogens is 216 g/mol. The van der Waals surface area contributed by atoms with Crippen LogP contribution in [-0.4, -0.2) is 0 Å². The van der Waals surface area contributed by atoms with Gasteiger partial charge in [0.1, 0.15) is 0 Å². The lowest BCUT2D eigenvalue weighted by Crippen LogP contribution is -2.25. The maximum absolute atomic E-state index is 2.48. The molecule has 0 amide bonds. The SMILES string of the molecule is CCCC(C)CCC(C)CC(C)C(C)(CC)CC. The highest BCUT2D eigenvalue weighted by molar-refractivity contribution is 4.78. The molecule has 0 aliphatic carbocycles. The van der Waals surface area contributed by atoms with Gasteiger partial charge in [0.25, 0.3) is 0 Å². The van der Waals surface area contributed by atoms with Gasteiger partial charge >= 0.3 is 0 Å². The van der Waals surface area contributed by atoms with E-state index in [1.54, 1.807) is 0 Å². The molecular formula is C18H38. The second-order valence-electron chi connectivity index (χ2n) is 7.07. The highest BCUT2D eigenvalue weighted by Crippen LogP contribution is 2.38. The normalized spacial score (nSPS) is 17.5. The van der Waals surface area contributed by atoms with E-state index in [4.69, 9.17) is 0 Å². The Hall–Kier alpha value is 0. The lowest BCUT2D eigenvalue weighted by Gasteiger charge is -2.35. The minimum Gasteiger partial charge on any atom is -0.0654 e. The molecule has 0 saturated carbocycles. The van der Waals surface area contributed by atoms with E-state index in [9.17, 15) is 0 Å². The van der Waals surface area contributed by atoms with Crippen LogP contribution in [0.4, 0.5) is 0 Å². The summed E-state index contributed by atoms with van der Waals surface area (Å²) in [6.45, 7) is 16.8. The van der Waals surface area contributed by atoms with Crippen molar-refractivity contribution in [2.45, 2.75) is 93.4 Å². The first-order valence-corrected chi connectivity index (χ1v) is 8.39. The maximum atomic E-state index is 2.48. The van der Waals surface area contributed by atoms with Crippen molar-refractivity contribution in [1.29, 1.82) is 0 Å². The van der Waals surface area contributed by atoms with Crippen LogP contribution in [0.25, 0.3) is 0 Å². The smallest absolute Gasteiger partial charge is 0.0305 e. The van der Waals surface area contributed by atoms with Gasteiger partial charge in [0.15, 0.2) is 0 Å². The molecule has 0 aromatic heterocycles. The molecule has 0 heterocycles. The highest BCUT2D eigenvalue weighted by atomic mass is 14.3. The second kappa shape index (κ2) is 8.99. The van der Waals surface area contributed by atoms with Crippen LogP contribution in [0.3, 0.4) is 0 Å². The predicted molar refractivity (Wildman–Crippen MR) is 84.9 cm³/mol. The van der Waals surface area contributed by atoms with Gasteiger partial charge < -0.3 is 0 Å². The molecule has 110 valence electrons. The molecule has 0 heteroatoms. The van der Waals surface area contributed by atoms with Crippen LogP contribution in [0, 0.1) is 23.2 Å². The van der Waals surface area contributed by atoms with E-state index in [1.165, 1.54) is 44.9 Å². The fraction of sp³-hybridized carbons (Fsp3) is 1.00. The Balaban J connectivity index is 4.03. The summed E-state index contributed by atoms with van der Waals surface area (Å²) in [5, 5.41) is 0. The number of rotatable bonds is 10. The summed E-state index contributed by atoms with van der Waals surface area (Å²) in [5.74, 6) is 2.69. The summed E-state index contributed by atoms with van der Waals surface area (Å²) < 4.78 is 0. The third-order valence-electron chi connectivity index (χ3n) is 5.49. The average Bonchev–Trinajstić information content (AvgIpc) is 2.35. The third kappa shape index (κ3) is 6.25. The quantitative estimate of drug-likeness (QED) is 0.407. The number of hydrogen-bond donors (Lipinski definition) is 0. The minimum atomic E-state index is 0.559. The lowest BCUT2D eigenvalue weighted by molar-refractivity contribution is 0.152. The van der Waals surface area contributed by atoms with Crippen molar-refractivity contribution >= 4 is 0 Å². The molecule has 3 unspecified atom stereocenters. The van der Waals surface area contributed by atoms with Gasteiger partial charge in [-0.3, -0.25) is 0 Å². The topological polar surface area (TPSA) is 0 Å². The molecule has 0 saturated heterocycles. The molecule has 3 atom stereocenters. The molecule has 0 aromatic rings. The van der Waals surface area contributed by atoms with Gasteiger partial charge in [0.05, 0.1) is 0 Å². The van der Waals surface area contributed by atoms with Gasteiger partial charge in [-0.25, -0.2) is 0 Å². The standard InChI is InChI=1S/C18H38/c1-8-11-15(4)12-13-16(5)14-17(6)18(7,9-2)10-3/h15-17H,8-14H2,1-7H3. The Labute approximate surface area is 117 Å². The highest BCUT2D eigenvalue weighted by Gasteiger charge is 2.28. The van der Waals surface area contributed by atoms with Crippen LogP contribution in [-0.2, 0) is 0 Å². The molecule has 0 aromatic carbocycles. The van der Waals surface area contributed by atoms with E-state index in [-0.39, 0.29) is 0 Å². The average molecular weight is 255 g/mol. The van der Waals surface area contributed by atoms with E-state index >= 15 is 0 Å². The Morgan fingerprint density at radius 2 is 1.28 bits per heavy atom. The van der Waals surface area contributed by atoms with Gasteiger partial charge in [-0.15, -0.1) is 0 Å². The van der Waals surface area contributed by atoms with Crippen LogP contribution in [0.2, 0.25) is 0 Å². The zero-order valence-electron chi connectivity index (χ0n) is 14.2. The molecule has 0 nitrogen and oxygen atoms in total. The number of hydrogen-bond acceptors (Lipinski definition) is 0. The lowest BCUT2D eigenvalue weighted by atomic mass is 9.70. The van der Waals surface area contributed by atoms with Crippen molar-refractivity contribution in [1.82, 2.24) is 0 Å². The Morgan fingerprint density at radius 1 is 0.778 bits per heavy atom. The monoisotopic (exact) mass is 254 g/mol. The van der Waals surface area contributed by atoms with Crippen molar-refractivity contribution in [3.05, 3.63) is 0 Å². The zero-order valence-corrected chi connectivity index (χ0v) is 14.2. The van der Waals surface area contributed by atoms with Crippen molar-refractivity contribution in [3.63, 3.8) is 0 Å². The van der Waals surface area contributed by atoms with Crippen LogP contribution >= 0.6 is 0 Å². The Bertz CT molecular complexity index is 190. The fourth-order valence-corrected chi connectivity index (χ4v) is 3.16. The van der Waals surface area contributed by atoms with Crippen LogP contribution in [0.1, 0.15) is 93.4 Å². The largest absolute Gasteiger partial charge is 0.0654 e. The van der Waals surface area contributed by atoms with Gasteiger partial charge in [0.2, 0.25) is 0 Å². The van der Waals surface area contributed by atoms with Crippen LogP contribution in [0.15, 0.2) is 0 Å². The van der Waals surface area contributed by atoms with Crippen LogP contribution < -0.4 is 0 Å². The zero-order chi connectivity index (χ0) is 14.2. The van der Waals surface area contributed by atoms with Crippen LogP contribution in [0.5, 0.6) is 0 Å². The Morgan fingerprint density at radius 3 is 1.72 bits per heavy atom. The van der Waals surface area contributed by atoms with E-state index < -0.39 is 0 Å².